The smallest absolute Gasteiger partial charge is 0.350 e. The summed E-state index contributed by atoms with van der Waals surface area (Å²) in [4.78, 5) is 24.1. The fraction of sp³-hybridized carbons (Fsp3) is 0.444. The number of carbonyl (C=O) groups excluding carboxylic acids is 2. The first-order chi connectivity index (χ1) is 11.9. The van der Waals surface area contributed by atoms with E-state index in [4.69, 9.17) is 23.7 Å². The van der Waals surface area contributed by atoms with Gasteiger partial charge in [-0.05, 0) is 25.5 Å². The third-order valence-corrected chi connectivity index (χ3v) is 4.26. The van der Waals surface area contributed by atoms with Crippen LogP contribution in [0.25, 0.3) is 6.08 Å². The van der Waals surface area contributed by atoms with Crippen LogP contribution in [0.5, 0.6) is 0 Å². The van der Waals surface area contributed by atoms with Gasteiger partial charge in [0, 0.05) is 6.08 Å². The van der Waals surface area contributed by atoms with Gasteiger partial charge in [0.1, 0.15) is 6.10 Å². The van der Waals surface area contributed by atoms with Gasteiger partial charge in [-0.2, -0.15) is 0 Å². The fourth-order valence-electron chi connectivity index (χ4n) is 3.23. The summed E-state index contributed by atoms with van der Waals surface area (Å²) >= 11 is 0. The minimum Gasteiger partial charge on any atom is -0.454 e. The Kier molecular flexibility index (Phi) is 3.87. The van der Waals surface area contributed by atoms with Gasteiger partial charge in [0.2, 0.25) is 6.10 Å². The van der Waals surface area contributed by atoms with E-state index in [9.17, 15) is 9.59 Å². The standard InChI is InChI=1S/C18H18O7/c1-18(2)24-15-13-12(23-17(15)25-18)14(16(20)22-13)21-11(19)9-8-10-6-4-3-5-7-10/h3-9,12-15,17H,1-2H3/b9-8+. The van der Waals surface area contributed by atoms with Crippen molar-refractivity contribution < 1.29 is 33.3 Å². The molecule has 1 aromatic carbocycles. The maximum Gasteiger partial charge on any atom is 0.350 e. The summed E-state index contributed by atoms with van der Waals surface area (Å²) in [5.41, 5.74) is 0.849. The molecule has 5 unspecified atom stereocenters. The first kappa shape index (κ1) is 16.3. The van der Waals surface area contributed by atoms with Gasteiger partial charge in [0.05, 0.1) is 0 Å². The quantitative estimate of drug-likeness (QED) is 0.605. The van der Waals surface area contributed by atoms with Crippen LogP contribution in [0, 0.1) is 0 Å². The van der Waals surface area contributed by atoms with Crippen LogP contribution in [0.15, 0.2) is 36.4 Å². The van der Waals surface area contributed by atoms with Gasteiger partial charge < -0.3 is 23.7 Å². The molecule has 0 N–H and O–H groups in total. The predicted molar refractivity (Wildman–Crippen MR) is 83.9 cm³/mol. The molecular weight excluding hydrogens is 328 g/mol. The minimum atomic E-state index is -1.13. The van der Waals surface area contributed by atoms with Gasteiger partial charge >= 0.3 is 11.9 Å². The van der Waals surface area contributed by atoms with Crippen LogP contribution in [0.4, 0.5) is 0 Å². The first-order valence-corrected chi connectivity index (χ1v) is 8.08. The Hall–Kier alpha value is -2.22. The van der Waals surface area contributed by atoms with E-state index in [0.717, 1.165) is 5.56 Å². The Labute approximate surface area is 144 Å². The van der Waals surface area contributed by atoms with E-state index in [1.807, 2.05) is 30.3 Å². The molecule has 1 aromatic rings. The first-order valence-electron chi connectivity index (χ1n) is 8.08. The van der Waals surface area contributed by atoms with Crippen LogP contribution in [0.1, 0.15) is 19.4 Å². The molecule has 7 heteroatoms. The highest BCUT2D eigenvalue weighted by atomic mass is 16.8. The fourth-order valence-corrected chi connectivity index (χ4v) is 3.23. The zero-order chi connectivity index (χ0) is 17.6. The van der Waals surface area contributed by atoms with Crippen LogP contribution in [-0.2, 0) is 33.3 Å². The number of rotatable bonds is 3. The molecule has 3 aliphatic rings. The van der Waals surface area contributed by atoms with Gasteiger partial charge in [-0.25, -0.2) is 9.59 Å². The second-order valence-electron chi connectivity index (χ2n) is 6.57. The van der Waals surface area contributed by atoms with E-state index < -0.39 is 48.4 Å². The van der Waals surface area contributed by atoms with Crippen LogP contribution in [0.2, 0.25) is 0 Å². The Morgan fingerprint density at radius 1 is 1.12 bits per heavy atom. The maximum atomic E-state index is 12.0. The van der Waals surface area contributed by atoms with E-state index in [1.165, 1.54) is 6.08 Å². The van der Waals surface area contributed by atoms with E-state index in [0.29, 0.717) is 0 Å². The molecule has 5 atom stereocenters. The number of fused-ring (bicyclic) bond motifs is 3. The van der Waals surface area contributed by atoms with Crippen LogP contribution in [0.3, 0.4) is 0 Å². The molecule has 3 aliphatic heterocycles. The summed E-state index contributed by atoms with van der Waals surface area (Å²) in [5.74, 6) is -2.09. The van der Waals surface area contributed by atoms with Crippen molar-refractivity contribution in [1.82, 2.24) is 0 Å². The van der Waals surface area contributed by atoms with Crippen molar-refractivity contribution >= 4 is 18.0 Å². The second kappa shape index (κ2) is 5.94. The number of esters is 2. The summed E-state index contributed by atoms with van der Waals surface area (Å²) in [7, 11) is 0. The predicted octanol–water partition coefficient (Wildman–Crippen LogP) is 1.41. The van der Waals surface area contributed by atoms with Crippen molar-refractivity contribution in [3.05, 3.63) is 42.0 Å². The summed E-state index contributed by atoms with van der Waals surface area (Å²) < 4.78 is 27.6. The number of carbonyl (C=O) groups is 2. The number of hydrogen-bond acceptors (Lipinski definition) is 7. The largest absolute Gasteiger partial charge is 0.454 e. The molecule has 0 spiro atoms. The molecule has 132 valence electrons. The third-order valence-electron chi connectivity index (χ3n) is 4.26. The van der Waals surface area contributed by atoms with Crippen LogP contribution >= 0.6 is 0 Å². The monoisotopic (exact) mass is 346 g/mol. The van der Waals surface area contributed by atoms with Gasteiger partial charge in [0.25, 0.3) is 0 Å². The summed E-state index contributed by atoms with van der Waals surface area (Å²) in [6.07, 6.45) is -0.783. The number of benzene rings is 1. The van der Waals surface area contributed by atoms with E-state index in [-0.39, 0.29) is 0 Å². The maximum absolute atomic E-state index is 12.0. The molecule has 0 saturated carbocycles. The SMILES string of the molecule is CC1(C)OC2OC3C(OC(=O)/C=C/c4ccccc4)C(=O)OC3C2O1. The highest BCUT2D eigenvalue weighted by Crippen LogP contribution is 2.42. The molecule has 0 amide bonds. The molecule has 4 rings (SSSR count). The van der Waals surface area contributed by atoms with E-state index in [1.54, 1.807) is 19.9 Å². The molecule has 25 heavy (non-hydrogen) atoms. The zero-order valence-corrected chi connectivity index (χ0v) is 13.8. The van der Waals surface area contributed by atoms with Crippen molar-refractivity contribution in [2.75, 3.05) is 0 Å². The topological polar surface area (TPSA) is 80.3 Å². The average molecular weight is 346 g/mol. The Morgan fingerprint density at radius 3 is 2.64 bits per heavy atom. The van der Waals surface area contributed by atoms with Crippen LogP contribution < -0.4 is 0 Å². The lowest BCUT2D eigenvalue weighted by atomic mass is 10.1. The number of ether oxygens (including phenoxy) is 5. The van der Waals surface area contributed by atoms with Gasteiger partial charge in [-0.15, -0.1) is 0 Å². The van der Waals surface area contributed by atoms with Crippen LogP contribution in [-0.4, -0.2) is 48.4 Å². The molecule has 3 fully saturated rings. The summed E-state index contributed by atoms with van der Waals surface area (Å²) in [5, 5.41) is 0. The van der Waals surface area contributed by atoms with Crippen molar-refractivity contribution in [1.29, 1.82) is 0 Å². The van der Waals surface area contributed by atoms with Crippen molar-refractivity contribution in [3.63, 3.8) is 0 Å². The molecule has 0 radical (unpaired) electrons. The lowest BCUT2D eigenvalue weighted by molar-refractivity contribution is -0.216. The molecule has 7 nitrogen and oxygen atoms in total. The lowest BCUT2D eigenvalue weighted by Crippen LogP contribution is -2.37. The summed E-state index contributed by atoms with van der Waals surface area (Å²) in [6, 6.07) is 9.29. The Balaban J connectivity index is 1.41. The van der Waals surface area contributed by atoms with Gasteiger partial charge in [-0.1, -0.05) is 30.3 Å². The normalized spacial score (nSPS) is 35.4. The van der Waals surface area contributed by atoms with Gasteiger partial charge in [0.15, 0.2) is 24.3 Å². The highest BCUT2D eigenvalue weighted by Gasteiger charge is 2.64. The molecule has 0 aliphatic carbocycles. The second-order valence-corrected chi connectivity index (χ2v) is 6.57. The Morgan fingerprint density at radius 2 is 1.88 bits per heavy atom. The van der Waals surface area contributed by atoms with Crippen molar-refractivity contribution in [2.24, 2.45) is 0 Å². The molecule has 3 heterocycles. The molecule has 3 saturated heterocycles. The van der Waals surface area contributed by atoms with Crippen molar-refractivity contribution in [3.8, 4) is 0 Å². The van der Waals surface area contributed by atoms with E-state index in [2.05, 4.69) is 0 Å². The third kappa shape index (κ3) is 3.06. The highest BCUT2D eigenvalue weighted by molar-refractivity contribution is 5.90. The van der Waals surface area contributed by atoms with E-state index >= 15 is 0 Å². The zero-order valence-electron chi connectivity index (χ0n) is 13.8. The lowest BCUT2D eigenvalue weighted by Gasteiger charge is -2.21. The molecule has 0 bridgehead atoms. The summed E-state index contributed by atoms with van der Waals surface area (Å²) in [6.45, 7) is 3.51. The van der Waals surface area contributed by atoms with Gasteiger partial charge in [-0.3, -0.25) is 0 Å². The average Bonchev–Trinajstić information content (AvgIpc) is 3.14. The minimum absolute atomic E-state index is 0.521. The molecule has 0 aromatic heterocycles. The Bertz CT molecular complexity index is 711. The molecular formula is C18H18O7. The van der Waals surface area contributed by atoms with Crippen molar-refractivity contribution in [2.45, 2.75) is 50.3 Å². The number of hydrogen-bond donors (Lipinski definition) is 0.